The van der Waals surface area contributed by atoms with Crippen LogP contribution < -0.4 is 5.32 Å². The second kappa shape index (κ2) is 6.30. The molecular formula is C20H19FN4. The van der Waals surface area contributed by atoms with Gasteiger partial charge in [0, 0.05) is 23.9 Å². The molecule has 1 aliphatic rings. The van der Waals surface area contributed by atoms with E-state index in [0.717, 1.165) is 48.3 Å². The predicted octanol–water partition coefficient (Wildman–Crippen LogP) is 3.79. The van der Waals surface area contributed by atoms with Crippen molar-refractivity contribution in [3.63, 3.8) is 0 Å². The Hall–Kier alpha value is -2.71. The molecule has 2 aromatic heterocycles. The Labute approximate surface area is 145 Å². The van der Waals surface area contributed by atoms with Crippen LogP contribution in [0.3, 0.4) is 0 Å². The Morgan fingerprint density at radius 1 is 1.20 bits per heavy atom. The maximum absolute atomic E-state index is 14.6. The van der Waals surface area contributed by atoms with Gasteiger partial charge in [0.1, 0.15) is 0 Å². The van der Waals surface area contributed by atoms with E-state index in [1.807, 2.05) is 31.5 Å². The standard InChI is InChI=1S/C20H19FN4/c1-13-8-15(2-3-16(13)10-22)17-9-18(21)20-24-19(12-25(20)11-17)14-4-6-23-7-5-14/h2-3,8-9,11-12,14,23H,4-7H2,1H3. The quantitative estimate of drug-likeness (QED) is 0.776. The lowest BCUT2D eigenvalue weighted by molar-refractivity contribution is 0.454. The number of nitrogens with one attached hydrogen (secondary N) is 1. The minimum atomic E-state index is -0.320. The lowest BCUT2D eigenvalue weighted by atomic mass is 9.95. The number of fused-ring (bicyclic) bond motifs is 1. The molecule has 0 amide bonds. The van der Waals surface area contributed by atoms with E-state index in [2.05, 4.69) is 16.4 Å². The highest BCUT2D eigenvalue weighted by molar-refractivity contribution is 5.67. The van der Waals surface area contributed by atoms with Crippen molar-refractivity contribution in [2.75, 3.05) is 13.1 Å². The molecule has 126 valence electrons. The molecule has 0 spiro atoms. The normalized spacial score (nSPS) is 15.4. The molecule has 1 fully saturated rings. The lowest BCUT2D eigenvalue weighted by Crippen LogP contribution is -2.26. The average Bonchev–Trinajstić information content (AvgIpc) is 3.07. The van der Waals surface area contributed by atoms with E-state index >= 15 is 0 Å². The van der Waals surface area contributed by atoms with Gasteiger partial charge < -0.3 is 9.72 Å². The number of benzene rings is 1. The van der Waals surface area contributed by atoms with Crippen molar-refractivity contribution in [2.45, 2.75) is 25.7 Å². The highest BCUT2D eigenvalue weighted by Crippen LogP contribution is 2.28. The van der Waals surface area contributed by atoms with Crippen LogP contribution in [0, 0.1) is 24.1 Å². The fourth-order valence-corrected chi connectivity index (χ4v) is 3.52. The van der Waals surface area contributed by atoms with Crippen molar-refractivity contribution >= 4 is 5.65 Å². The summed E-state index contributed by atoms with van der Waals surface area (Å²) in [7, 11) is 0. The Morgan fingerprint density at radius 2 is 2.00 bits per heavy atom. The van der Waals surface area contributed by atoms with E-state index in [9.17, 15) is 4.39 Å². The van der Waals surface area contributed by atoms with Gasteiger partial charge in [-0.3, -0.25) is 0 Å². The Balaban J connectivity index is 1.76. The van der Waals surface area contributed by atoms with Gasteiger partial charge in [-0.25, -0.2) is 9.37 Å². The second-order valence-corrected chi connectivity index (χ2v) is 6.64. The van der Waals surface area contributed by atoms with Gasteiger partial charge in [0.15, 0.2) is 11.5 Å². The molecule has 1 saturated heterocycles. The van der Waals surface area contributed by atoms with Gasteiger partial charge in [-0.15, -0.1) is 0 Å². The molecule has 1 N–H and O–H groups in total. The molecule has 25 heavy (non-hydrogen) atoms. The van der Waals surface area contributed by atoms with Gasteiger partial charge in [0.05, 0.1) is 17.3 Å². The van der Waals surface area contributed by atoms with E-state index in [-0.39, 0.29) is 5.82 Å². The Morgan fingerprint density at radius 3 is 2.72 bits per heavy atom. The number of aromatic nitrogens is 2. The van der Waals surface area contributed by atoms with Gasteiger partial charge in [-0.2, -0.15) is 5.26 Å². The molecule has 0 aliphatic carbocycles. The van der Waals surface area contributed by atoms with Crippen molar-refractivity contribution in [1.82, 2.24) is 14.7 Å². The van der Waals surface area contributed by atoms with Crippen LogP contribution in [0.4, 0.5) is 4.39 Å². The van der Waals surface area contributed by atoms with Crippen molar-refractivity contribution < 1.29 is 4.39 Å². The molecule has 4 rings (SSSR count). The smallest absolute Gasteiger partial charge is 0.173 e. The van der Waals surface area contributed by atoms with E-state index in [0.29, 0.717) is 17.1 Å². The van der Waals surface area contributed by atoms with Gasteiger partial charge in [-0.1, -0.05) is 12.1 Å². The van der Waals surface area contributed by atoms with Gasteiger partial charge in [0.2, 0.25) is 0 Å². The summed E-state index contributed by atoms with van der Waals surface area (Å²) >= 11 is 0. The van der Waals surface area contributed by atoms with Gasteiger partial charge in [0.25, 0.3) is 0 Å². The second-order valence-electron chi connectivity index (χ2n) is 6.64. The molecule has 0 bridgehead atoms. The molecule has 0 saturated carbocycles. The Bertz CT molecular complexity index is 977. The summed E-state index contributed by atoms with van der Waals surface area (Å²) < 4.78 is 16.4. The molecule has 4 nitrogen and oxygen atoms in total. The number of rotatable bonds is 2. The van der Waals surface area contributed by atoms with Crippen LogP contribution in [0.5, 0.6) is 0 Å². The molecule has 5 heteroatoms. The number of hydrogen-bond acceptors (Lipinski definition) is 3. The van der Waals surface area contributed by atoms with Crippen LogP contribution in [0.25, 0.3) is 16.8 Å². The zero-order chi connectivity index (χ0) is 17.4. The zero-order valence-electron chi connectivity index (χ0n) is 14.1. The van der Waals surface area contributed by atoms with E-state index in [4.69, 9.17) is 5.26 Å². The first-order valence-corrected chi connectivity index (χ1v) is 8.55. The minimum Gasteiger partial charge on any atom is -0.317 e. The van der Waals surface area contributed by atoms with E-state index < -0.39 is 0 Å². The topological polar surface area (TPSA) is 53.1 Å². The highest BCUT2D eigenvalue weighted by atomic mass is 19.1. The summed E-state index contributed by atoms with van der Waals surface area (Å²) in [5.41, 5.74) is 4.56. The fraction of sp³-hybridized carbons (Fsp3) is 0.300. The van der Waals surface area contributed by atoms with Crippen LogP contribution in [-0.4, -0.2) is 22.5 Å². The summed E-state index contributed by atoms with van der Waals surface area (Å²) in [5, 5.41) is 12.4. The summed E-state index contributed by atoms with van der Waals surface area (Å²) in [5.74, 6) is 0.0702. The summed E-state index contributed by atoms with van der Waals surface area (Å²) in [6.45, 7) is 3.86. The number of nitrogens with zero attached hydrogens (tertiary/aromatic N) is 3. The molecular weight excluding hydrogens is 315 g/mol. The van der Waals surface area contributed by atoms with Crippen LogP contribution in [0.1, 0.15) is 35.6 Å². The van der Waals surface area contributed by atoms with Crippen molar-refractivity contribution in [3.05, 3.63) is 59.3 Å². The molecule has 0 radical (unpaired) electrons. The number of imidazole rings is 1. The highest BCUT2D eigenvalue weighted by Gasteiger charge is 2.19. The summed E-state index contributed by atoms with van der Waals surface area (Å²) in [4.78, 5) is 4.53. The lowest BCUT2D eigenvalue weighted by Gasteiger charge is -2.20. The monoisotopic (exact) mass is 334 g/mol. The fourth-order valence-electron chi connectivity index (χ4n) is 3.52. The number of piperidine rings is 1. The summed E-state index contributed by atoms with van der Waals surface area (Å²) in [6.07, 6.45) is 5.94. The number of aryl methyl sites for hydroxylation is 1. The van der Waals surface area contributed by atoms with Crippen LogP contribution >= 0.6 is 0 Å². The third-order valence-electron chi connectivity index (χ3n) is 4.96. The van der Waals surface area contributed by atoms with E-state index in [1.54, 1.807) is 10.5 Å². The van der Waals surface area contributed by atoms with Crippen molar-refractivity contribution in [1.29, 1.82) is 5.26 Å². The molecule has 3 aromatic rings. The van der Waals surface area contributed by atoms with E-state index in [1.165, 1.54) is 6.07 Å². The predicted molar refractivity (Wildman–Crippen MR) is 94.9 cm³/mol. The molecule has 1 aromatic carbocycles. The maximum atomic E-state index is 14.6. The minimum absolute atomic E-state index is 0.320. The first-order valence-electron chi connectivity index (χ1n) is 8.55. The maximum Gasteiger partial charge on any atom is 0.173 e. The van der Waals surface area contributed by atoms with Gasteiger partial charge >= 0.3 is 0 Å². The third-order valence-corrected chi connectivity index (χ3v) is 4.96. The molecule has 3 heterocycles. The number of halogens is 1. The third kappa shape index (κ3) is 2.90. The first kappa shape index (κ1) is 15.8. The molecule has 0 atom stereocenters. The number of hydrogen-bond donors (Lipinski definition) is 1. The SMILES string of the molecule is Cc1cc(-c2cc(F)c3nc(C4CCNCC4)cn3c2)ccc1C#N. The zero-order valence-corrected chi connectivity index (χ0v) is 14.1. The first-order chi connectivity index (χ1) is 12.2. The molecule has 1 aliphatic heterocycles. The van der Waals surface area contributed by atoms with Crippen molar-refractivity contribution in [3.8, 4) is 17.2 Å². The number of pyridine rings is 1. The average molecular weight is 334 g/mol. The molecule has 0 unspecified atom stereocenters. The van der Waals surface area contributed by atoms with Crippen LogP contribution in [0.2, 0.25) is 0 Å². The number of nitriles is 1. The van der Waals surface area contributed by atoms with Crippen LogP contribution in [-0.2, 0) is 0 Å². The summed E-state index contributed by atoms with van der Waals surface area (Å²) in [6, 6.07) is 9.24. The largest absolute Gasteiger partial charge is 0.317 e. The van der Waals surface area contributed by atoms with Gasteiger partial charge in [-0.05, 0) is 56.1 Å². The Kier molecular flexibility index (Phi) is 3.98. The van der Waals surface area contributed by atoms with Crippen LogP contribution in [0.15, 0.2) is 36.7 Å². The van der Waals surface area contributed by atoms with Crippen molar-refractivity contribution in [2.24, 2.45) is 0 Å².